The van der Waals surface area contributed by atoms with Crippen LogP contribution in [0.1, 0.15) is 39.6 Å². The van der Waals surface area contributed by atoms with Gasteiger partial charge in [-0.05, 0) is 24.1 Å². The van der Waals surface area contributed by atoms with E-state index in [9.17, 15) is 9.59 Å². The third kappa shape index (κ3) is 3.32. The second-order valence-electron chi connectivity index (χ2n) is 4.46. The lowest BCUT2D eigenvalue weighted by atomic mass is 10.1. The summed E-state index contributed by atoms with van der Waals surface area (Å²) in [5.74, 6) is -1.10. The molecular weight excluding hydrogens is 252 g/mol. The van der Waals surface area contributed by atoms with Crippen LogP contribution in [0, 0.1) is 0 Å². The molecule has 0 N–H and O–H groups in total. The molecule has 3 heteroatoms. The summed E-state index contributed by atoms with van der Waals surface area (Å²) in [4.78, 5) is 21.7. The molecule has 0 unspecified atom stereocenters. The molecule has 1 aliphatic rings. The number of aryl methyl sites for hydroxylation is 1. The van der Waals surface area contributed by atoms with Crippen LogP contribution in [0.5, 0.6) is 0 Å². The summed E-state index contributed by atoms with van der Waals surface area (Å²) < 4.78 is 4.35. The van der Waals surface area contributed by atoms with Crippen LogP contribution in [0.2, 0.25) is 0 Å². The van der Waals surface area contributed by atoms with Crippen molar-refractivity contribution in [2.24, 2.45) is 0 Å². The van der Waals surface area contributed by atoms with Gasteiger partial charge in [-0.15, -0.1) is 0 Å². The van der Waals surface area contributed by atoms with Crippen molar-refractivity contribution in [2.75, 3.05) is 0 Å². The molecule has 1 heterocycles. The van der Waals surface area contributed by atoms with Crippen molar-refractivity contribution in [2.45, 2.75) is 19.8 Å². The van der Waals surface area contributed by atoms with Gasteiger partial charge in [-0.2, -0.15) is 0 Å². The molecule has 0 bridgehead atoms. The highest BCUT2D eigenvalue weighted by molar-refractivity contribution is 6.14. The highest BCUT2D eigenvalue weighted by Crippen LogP contribution is 2.18. The molecule has 0 radical (unpaired) electrons. The normalized spacial score (nSPS) is 12.2. The van der Waals surface area contributed by atoms with Crippen molar-refractivity contribution in [1.29, 1.82) is 0 Å². The summed E-state index contributed by atoms with van der Waals surface area (Å²) in [6, 6.07) is 17.1. The van der Waals surface area contributed by atoms with Crippen LogP contribution in [0.3, 0.4) is 0 Å². The summed E-state index contributed by atoms with van der Waals surface area (Å²) in [6.07, 6.45) is 2.45. The Morgan fingerprint density at radius 3 is 1.80 bits per heavy atom. The van der Waals surface area contributed by atoms with Gasteiger partial charge in [-0.25, -0.2) is 9.59 Å². The van der Waals surface area contributed by atoms with E-state index in [4.69, 9.17) is 0 Å². The van der Waals surface area contributed by atoms with Crippen molar-refractivity contribution in [3.05, 3.63) is 71.3 Å². The predicted molar refractivity (Wildman–Crippen MR) is 76.6 cm³/mol. The summed E-state index contributed by atoms with van der Waals surface area (Å²) in [5, 5.41) is 0. The van der Waals surface area contributed by atoms with Gasteiger partial charge < -0.3 is 4.74 Å². The summed E-state index contributed by atoms with van der Waals surface area (Å²) in [5.41, 5.74) is 2.16. The van der Waals surface area contributed by atoms with Gasteiger partial charge in [0.15, 0.2) is 0 Å². The van der Waals surface area contributed by atoms with E-state index in [0.29, 0.717) is 11.1 Å². The third-order valence-corrected chi connectivity index (χ3v) is 2.93. The fourth-order valence-electron chi connectivity index (χ4n) is 1.97. The number of cyclic esters (lactones) is 2. The number of carbonyl (C=O) groups excluding carboxylic acids is 2. The molecule has 3 nitrogen and oxygen atoms in total. The quantitative estimate of drug-likeness (QED) is 0.617. The molecule has 0 aromatic heterocycles. The number of hydrogen-bond donors (Lipinski definition) is 0. The molecule has 0 fully saturated rings. The number of hydrogen-bond acceptors (Lipinski definition) is 3. The summed E-state index contributed by atoms with van der Waals surface area (Å²) in [6.45, 7) is 2.20. The molecule has 102 valence electrons. The predicted octanol–water partition coefficient (Wildman–Crippen LogP) is 3.64. The highest BCUT2D eigenvalue weighted by atomic mass is 16.6. The van der Waals surface area contributed by atoms with Crippen molar-refractivity contribution in [3.8, 4) is 0 Å². The molecule has 2 aromatic carbocycles. The van der Waals surface area contributed by atoms with E-state index in [1.807, 2.05) is 0 Å². The van der Waals surface area contributed by atoms with E-state index in [1.54, 1.807) is 24.3 Å². The number of benzene rings is 2. The zero-order valence-electron chi connectivity index (χ0n) is 11.3. The molecule has 2 aromatic rings. The zero-order chi connectivity index (χ0) is 14.4. The maximum atomic E-state index is 10.8. The third-order valence-electron chi connectivity index (χ3n) is 2.93. The molecule has 20 heavy (non-hydrogen) atoms. The minimum Gasteiger partial charge on any atom is -0.386 e. The van der Waals surface area contributed by atoms with Gasteiger partial charge in [-0.3, -0.25) is 0 Å². The Hall–Kier alpha value is -2.42. The van der Waals surface area contributed by atoms with E-state index in [1.165, 1.54) is 18.4 Å². The lowest BCUT2D eigenvalue weighted by Gasteiger charge is -1.93. The van der Waals surface area contributed by atoms with Crippen molar-refractivity contribution < 1.29 is 14.3 Å². The lowest BCUT2D eigenvalue weighted by molar-refractivity contribution is 0.0444. The Balaban J connectivity index is 0.000000151. The van der Waals surface area contributed by atoms with Gasteiger partial charge in [0.25, 0.3) is 0 Å². The van der Waals surface area contributed by atoms with Gasteiger partial charge in [0.2, 0.25) is 0 Å². The van der Waals surface area contributed by atoms with E-state index in [0.717, 1.165) is 0 Å². The van der Waals surface area contributed by atoms with Gasteiger partial charge >= 0.3 is 11.9 Å². The lowest BCUT2D eigenvalue weighted by Crippen LogP contribution is -1.96. The average molecular weight is 268 g/mol. The Morgan fingerprint density at radius 2 is 1.30 bits per heavy atom. The van der Waals surface area contributed by atoms with Gasteiger partial charge in [-0.1, -0.05) is 55.8 Å². The first-order valence-electron chi connectivity index (χ1n) is 6.62. The minimum atomic E-state index is -0.550. The largest absolute Gasteiger partial charge is 0.386 e. The highest BCUT2D eigenvalue weighted by Gasteiger charge is 2.28. The molecule has 0 saturated carbocycles. The Bertz CT molecular complexity index is 570. The second kappa shape index (κ2) is 6.66. The summed E-state index contributed by atoms with van der Waals surface area (Å²) in [7, 11) is 0. The maximum absolute atomic E-state index is 10.8. The van der Waals surface area contributed by atoms with E-state index in [2.05, 4.69) is 42.0 Å². The van der Waals surface area contributed by atoms with Crippen molar-refractivity contribution in [1.82, 2.24) is 0 Å². The smallest absolute Gasteiger partial charge is 0.346 e. The number of rotatable bonds is 2. The van der Waals surface area contributed by atoms with Crippen molar-refractivity contribution >= 4 is 11.9 Å². The zero-order valence-corrected chi connectivity index (χ0v) is 11.3. The Morgan fingerprint density at radius 1 is 0.800 bits per heavy atom. The first-order chi connectivity index (χ1) is 9.72. The van der Waals surface area contributed by atoms with Gasteiger partial charge in [0.05, 0.1) is 11.1 Å². The van der Waals surface area contributed by atoms with Crippen LogP contribution in [0.25, 0.3) is 0 Å². The molecule has 0 atom stereocenters. The molecular formula is C17H16O3. The molecule has 3 rings (SSSR count). The number of esters is 2. The van der Waals surface area contributed by atoms with E-state index in [-0.39, 0.29) is 0 Å². The summed E-state index contributed by atoms with van der Waals surface area (Å²) >= 11 is 0. The number of fused-ring (bicyclic) bond motifs is 1. The molecule has 0 aliphatic carbocycles. The van der Waals surface area contributed by atoms with Crippen LogP contribution in [-0.4, -0.2) is 11.9 Å². The SMILES string of the molecule is CCCc1ccccc1.O=C1OC(=O)c2ccccc21. The van der Waals surface area contributed by atoms with Gasteiger partial charge in [0.1, 0.15) is 0 Å². The topological polar surface area (TPSA) is 43.4 Å². The van der Waals surface area contributed by atoms with E-state index < -0.39 is 11.9 Å². The minimum absolute atomic E-state index is 0.359. The fraction of sp³-hybridized carbons (Fsp3) is 0.176. The molecule has 1 aliphatic heterocycles. The van der Waals surface area contributed by atoms with Crippen LogP contribution in [-0.2, 0) is 11.2 Å². The standard InChI is InChI=1S/C9H12.C8H4O3/c1-2-6-9-7-4-3-5-8-9;9-7-5-3-1-2-4-6(5)8(10)11-7/h3-5,7-8H,2,6H2,1H3;1-4H. The first kappa shape index (κ1) is 14.0. The van der Waals surface area contributed by atoms with Crippen molar-refractivity contribution in [3.63, 3.8) is 0 Å². The van der Waals surface area contributed by atoms with Crippen LogP contribution < -0.4 is 0 Å². The van der Waals surface area contributed by atoms with E-state index >= 15 is 0 Å². The van der Waals surface area contributed by atoms with Crippen LogP contribution in [0.4, 0.5) is 0 Å². The first-order valence-corrected chi connectivity index (χ1v) is 6.62. The second-order valence-corrected chi connectivity index (χ2v) is 4.46. The van der Waals surface area contributed by atoms with Crippen LogP contribution >= 0.6 is 0 Å². The van der Waals surface area contributed by atoms with Gasteiger partial charge in [0, 0.05) is 0 Å². The molecule has 0 amide bonds. The average Bonchev–Trinajstić information content (AvgIpc) is 2.77. The maximum Gasteiger partial charge on any atom is 0.346 e. The molecule has 0 spiro atoms. The number of carbonyl (C=O) groups is 2. The Kier molecular flexibility index (Phi) is 4.66. The van der Waals surface area contributed by atoms with Crippen LogP contribution in [0.15, 0.2) is 54.6 Å². The number of ether oxygens (including phenoxy) is 1. The molecule has 0 saturated heterocycles. The fourth-order valence-corrected chi connectivity index (χ4v) is 1.97. The monoisotopic (exact) mass is 268 g/mol. The Labute approximate surface area is 118 Å².